The molecule has 0 radical (unpaired) electrons. The highest BCUT2D eigenvalue weighted by molar-refractivity contribution is 5.82. The van der Waals surface area contributed by atoms with Gasteiger partial charge < -0.3 is 10.2 Å². The monoisotopic (exact) mass is 328 g/mol. The van der Waals surface area contributed by atoms with Gasteiger partial charge in [-0.1, -0.05) is 6.08 Å². The molecule has 5 nitrogen and oxygen atoms in total. The summed E-state index contributed by atoms with van der Waals surface area (Å²) in [7, 11) is 0. The van der Waals surface area contributed by atoms with Crippen molar-refractivity contribution in [1.82, 2.24) is 0 Å². The fourth-order valence-corrected chi connectivity index (χ4v) is 1.22. The summed E-state index contributed by atoms with van der Waals surface area (Å²) >= 11 is 0. The van der Waals surface area contributed by atoms with E-state index in [-0.39, 0.29) is 11.4 Å². The molecule has 0 saturated heterocycles. The number of nitrogens with one attached hydrogen (secondary N) is 1. The standard InChI is InChI=1S/C8H6F3NO2.C7H9NO/c9-8(10,11)5-1-3-6(4-2-5)12-7(13)14;1-3-4-7(9)6(2)5-8/h1-4,12H,(H,13,14);3,9H,1,4H2,2H3. The highest BCUT2D eigenvalue weighted by Crippen LogP contribution is 2.29. The van der Waals surface area contributed by atoms with E-state index >= 15 is 0 Å². The Hall–Kier alpha value is -2.95. The van der Waals surface area contributed by atoms with E-state index in [4.69, 9.17) is 15.5 Å². The minimum Gasteiger partial charge on any atom is -0.511 e. The second-order valence-corrected chi connectivity index (χ2v) is 4.18. The van der Waals surface area contributed by atoms with E-state index in [1.165, 1.54) is 0 Å². The van der Waals surface area contributed by atoms with Gasteiger partial charge in [-0.3, -0.25) is 5.32 Å². The van der Waals surface area contributed by atoms with E-state index in [1.54, 1.807) is 13.0 Å². The molecule has 0 saturated carbocycles. The molecule has 0 aliphatic rings. The van der Waals surface area contributed by atoms with Gasteiger partial charge in [-0.2, -0.15) is 18.4 Å². The SMILES string of the molecule is C=CCC(O)=C(C)C#N.O=C(O)Nc1ccc(C(F)(F)F)cc1. The van der Waals surface area contributed by atoms with Crippen molar-refractivity contribution in [3.05, 3.63) is 53.8 Å². The Labute approximate surface area is 131 Å². The van der Waals surface area contributed by atoms with E-state index in [1.807, 2.05) is 11.4 Å². The normalized spacial score (nSPS) is 11.3. The van der Waals surface area contributed by atoms with Crippen LogP contribution < -0.4 is 5.32 Å². The number of hydrogen-bond donors (Lipinski definition) is 3. The highest BCUT2D eigenvalue weighted by Gasteiger charge is 2.29. The molecule has 0 spiro atoms. The molecule has 3 N–H and O–H groups in total. The third-order valence-electron chi connectivity index (χ3n) is 2.40. The van der Waals surface area contributed by atoms with Gasteiger partial charge >= 0.3 is 12.3 Å². The van der Waals surface area contributed by atoms with Gasteiger partial charge in [0.25, 0.3) is 0 Å². The number of alkyl halides is 3. The topological polar surface area (TPSA) is 93.3 Å². The van der Waals surface area contributed by atoms with Crippen LogP contribution in [0, 0.1) is 11.3 Å². The molecule has 1 aromatic carbocycles. The van der Waals surface area contributed by atoms with Crippen LogP contribution in [0.15, 0.2) is 48.3 Å². The number of rotatable bonds is 3. The number of nitrogens with zero attached hydrogens (tertiary/aromatic N) is 1. The lowest BCUT2D eigenvalue weighted by Gasteiger charge is -2.06. The Bertz CT molecular complexity index is 614. The van der Waals surface area contributed by atoms with Crippen LogP contribution in [0.5, 0.6) is 0 Å². The van der Waals surface area contributed by atoms with Gasteiger partial charge in [0, 0.05) is 12.1 Å². The molecular formula is C15H15F3N2O3. The van der Waals surface area contributed by atoms with Crippen LogP contribution in [0.1, 0.15) is 18.9 Å². The number of amides is 1. The molecule has 1 rings (SSSR count). The largest absolute Gasteiger partial charge is 0.511 e. The molecule has 0 aliphatic carbocycles. The van der Waals surface area contributed by atoms with Crippen molar-refractivity contribution in [2.45, 2.75) is 19.5 Å². The Morgan fingerprint density at radius 1 is 1.35 bits per heavy atom. The number of allylic oxidation sites excluding steroid dienone is 2. The van der Waals surface area contributed by atoms with Crippen LogP contribution in [-0.2, 0) is 6.18 Å². The fourth-order valence-electron chi connectivity index (χ4n) is 1.22. The number of anilines is 1. The molecule has 0 aliphatic heterocycles. The molecule has 23 heavy (non-hydrogen) atoms. The van der Waals surface area contributed by atoms with Crippen molar-refractivity contribution in [2.75, 3.05) is 5.32 Å². The van der Waals surface area contributed by atoms with Gasteiger partial charge in [0.2, 0.25) is 0 Å². The maximum atomic E-state index is 12.0. The third-order valence-corrected chi connectivity index (χ3v) is 2.40. The van der Waals surface area contributed by atoms with Crippen molar-refractivity contribution in [3.63, 3.8) is 0 Å². The fraction of sp³-hybridized carbons (Fsp3) is 0.200. The molecule has 0 aromatic heterocycles. The van der Waals surface area contributed by atoms with Crippen LogP contribution in [0.25, 0.3) is 0 Å². The average Bonchev–Trinajstić information content (AvgIpc) is 2.46. The molecule has 1 amide bonds. The number of aliphatic hydroxyl groups is 1. The first-order chi connectivity index (χ1) is 10.6. The van der Waals surface area contributed by atoms with E-state index in [0.29, 0.717) is 12.0 Å². The zero-order valence-corrected chi connectivity index (χ0v) is 12.2. The minimum absolute atomic E-state index is 0.102. The smallest absolute Gasteiger partial charge is 0.416 e. The van der Waals surface area contributed by atoms with Gasteiger partial charge in [0.15, 0.2) is 0 Å². The summed E-state index contributed by atoms with van der Waals surface area (Å²) < 4.78 is 36.1. The Kier molecular flexibility index (Phi) is 7.97. The lowest BCUT2D eigenvalue weighted by atomic mass is 10.2. The predicted molar refractivity (Wildman–Crippen MR) is 78.8 cm³/mol. The first kappa shape index (κ1) is 20.1. The molecule has 0 fully saturated rings. The van der Waals surface area contributed by atoms with Crippen molar-refractivity contribution >= 4 is 11.8 Å². The van der Waals surface area contributed by atoms with Crippen molar-refractivity contribution in [2.24, 2.45) is 0 Å². The number of nitriles is 1. The van der Waals surface area contributed by atoms with Gasteiger partial charge in [0.1, 0.15) is 5.76 Å². The maximum Gasteiger partial charge on any atom is 0.416 e. The molecule has 0 unspecified atom stereocenters. The second kappa shape index (κ2) is 9.15. The molecule has 8 heteroatoms. The number of halogens is 3. The Morgan fingerprint density at radius 2 is 1.87 bits per heavy atom. The number of carbonyl (C=O) groups is 1. The molecule has 0 bridgehead atoms. The summed E-state index contributed by atoms with van der Waals surface area (Å²) in [5, 5.41) is 27.3. The van der Waals surface area contributed by atoms with Crippen LogP contribution in [-0.4, -0.2) is 16.3 Å². The number of aliphatic hydroxyl groups excluding tert-OH is 1. The van der Waals surface area contributed by atoms with Gasteiger partial charge in [-0.25, -0.2) is 4.79 Å². The summed E-state index contributed by atoms with van der Waals surface area (Å²) in [6.45, 7) is 4.98. The van der Waals surface area contributed by atoms with Crippen LogP contribution in [0.4, 0.5) is 23.7 Å². The van der Waals surface area contributed by atoms with Crippen LogP contribution >= 0.6 is 0 Å². The molecule has 0 atom stereocenters. The Morgan fingerprint density at radius 3 is 2.22 bits per heavy atom. The summed E-state index contributed by atoms with van der Waals surface area (Å²) in [5.74, 6) is 0.104. The van der Waals surface area contributed by atoms with E-state index < -0.39 is 17.8 Å². The zero-order valence-electron chi connectivity index (χ0n) is 12.2. The summed E-state index contributed by atoms with van der Waals surface area (Å²) in [4.78, 5) is 10.1. The summed E-state index contributed by atoms with van der Waals surface area (Å²) in [5.41, 5.74) is -0.353. The van der Waals surface area contributed by atoms with Crippen LogP contribution in [0.3, 0.4) is 0 Å². The quantitative estimate of drug-likeness (QED) is 0.425. The number of benzene rings is 1. The summed E-state index contributed by atoms with van der Waals surface area (Å²) in [6.07, 6.45) is -3.79. The molecule has 1 aromatic rings. The maximum absolute atomic E-state index is 12.0. The van der Waals surface area contributed by atoms with Gasteiger partial charge in [0.05, 0.1) is 17.2 Å². The van der Waals surface area contributed by atoms with Crippen molar-refractivity contribution in [1.29, 1.82) is 5.26 Å². The number of hydrogen-bond acceptors (Lipinski definition) is 3. The van der Waals surface area contributed by atoms with E-state index in [9.17, 15) is 18.0 Å². The van der Waals surface area contributed by atoms with E-state index in [2.05, 4.69) is 6.58 Å². The average molecular weight is 328 g/mol. The van der Waals surface area contributed by atoms with Crippen molar-refractivity contribution < 1.29 is 28.2 Å². The van der Waals surface area contributed by atoms with Crippen molar-refractivity contribution in [3.8, 4) is 6.07 Å². The first-order valence-corrected chi connectivity index (χ1v) is 6.18. The Balaban J connectivity index is 0.000000468. The zero-order chi connectivity index (χ0) is 18.0. The lowest BCUT2D eigenvalue weighted by Crippen LogP contribution is -2.08. The number of carboxylic acid groups (broad SMARTS) is 1. The summed E-state index contributed by atoms with van der Waals surface area (Å²) in [6, 6.07) is 5.56. The molecule has 0 heterocycles. The molecule has 124 valence electrons. The highest BCUT2D eigenvalue weighted by atomic mass is 19.4. The van der Waals surface area contributed by atoms with Gasteiger partial charge in [-0.15, -0.1) is 6.58 Å². The van der Waals surface area contributed by atoms with Gasteiger partial charge in [-0.05, 0) is 31.2 Å². The predicted octanol–water partition coefficient (Wildman–Crippen LogP) is 4.71. The second-order valence-electron chi connectivity index (χ2n) is 4.18. The van der Waals surface area contributed by atoms with Crippen LogP contribution in [0.2, 0.25) is 0 Å². The lowest BCUT2D eigenvalue weighted by molar-refractivity contribution is -0.137. The van der Waals surface area contributed by atoms with E-state index in [0.717, 1.165) is 24.3 Å². The first-order valence-electron chi connectivity index (χ1n) is 6.18. The minimum atomic E-state index is -4.40. The third kappa shape index (κ3) is 8.16. The molecular weight excluding hydrogens is 313 g/mol.